The van der Waals surface area contributed by atoms with Crippen molar-refractivity contribution in [2.45, 2.75) is 49.5 Å². The number of rotatable bonds is 7. The molecule has 1 aliphatic rings. The van der Waals surface area contributed by atoms with E-state index in [2.05, 4.69) is 10.0 Å². The van der Waals surface area contributed by atoms with E-state index in [9.17, 15) is 13.2 Å². The number of carbonyl (C=O) groups excluding carboxylic acids is 1. The minimum atomic E-state index is -3.67. The second kappa shape index (κ2) is 10.5. The van der Waals surface area contributed by atoms with Gasteiger partial charge in [-0.15, -0.1) is 23.7 Å². The predicted molar refractivity (Wildman–Crippen MR) is 104 cm³/mol. The molecule has 0 aliphatic heterocycles. The van der Waals surface area contributed by atoms with Crippen LogP contribution in [0.3, 0.4) is 0 Å². The van der Waals surface area contributed by atoms with Crippen molar-refractivity contribution in [2.75, 3.05) is 27.2 Å². The predicted octanol–water partition coefficient (Wildman–Crippen LogP) is 2.46. The van der Waals surface area contributed by atoms with Gasteiger partial charge in [0, 0.05) is 26.2 Å². The van der Waals surface area contributed by atoms with Gasteiger partial charge in [-0.1, -0.05) is 25.7 Å². The zero-order valence-electron chi connectivity index (χ0n) is 14.8. The minimum absolute atomic E-state index is 0. The molecule has 9 heteroatoms. The monoisotopic (exact) mass is 409 g/mol. The fourth-order valence-corrected chi connectivity index (χ4v) is 5.62. The average molecular weight is 410 g/mol. The Morgan fingerprint density at radius 2 is 1.92 bits per heavy atom. The lowest BCUT2D eigenvalue weighted by atomic mass is 10.1. The molecule has 6 nitrogen and oxygen atoms in total. The quantitative estimate of drug-likeness (QED) is 0.678. The van der Waals surface area contributed by atoms with Crippen LogP contribution in [0.4, 0.5) is 0 Å². The Balaban J connectivity index is 0.00000312. The van der Waals surface area contributed by atoms with E-state index in [1.807, 2.05) is 7.05 Å². The first-order valence-electron chi connectivity index (χ1n) is 8.45. The molecule has 2 N–H and O–H groups in total. The topological polar surface area (TPSA) is 78.5 Å². The van der Waals surface area contributed by atoms with Crippen molar-refractivity contribution in [2.24, 2.45) is 0 Å². The molecule has 1 fully saturated rings. The number of hydrogen-bond acceptors (Lipinski definition) is 5. The minimum Gasteiger partial charge on any atom is -0.340 e. The van der Waals surface area contributed by atoms with Crippen LogP contribution in [0.25, 0.3) is 0 Å². The van der Waals surface area contributed by atoms with E-state index < -0.39 is 10.0 Å². The first-order valence-corrected chi connectivity index (χ1v) is 10.8. The maximum atomic E-state index is 12.7. The van der Waals surface area contributed by atoms with Gasteiger partial charge in [-0.25, -0.2) is 13.1 Å². The summed E-state index contributed by atoms with van der Waals surface area (Å²) in [6, 6.07) is 1.51. The van der Waals surface area contributed by atoms with Gasteiger partial charge >= 0.3 is 0 Å². The fourth-order valence-electron chi connectivity index (χ4n) is 2.90. The molecule has 144 valence electrons. The molecule has 0 unspecified atom stereocenters. The Morgan fingerprint density at radius 3 is 2.52 bits per heavy atom. The number of nitrogens with one attached hydrogen (secondary N) is 2. The van der Waals surface area contributed by atoms with Crippen LogP contribution >= 0.6 is 23.7 Å². The molecular formula is C16H28ClN3O3S2. The van der Waals surface area contributed by atoms with Crippen LogP contribution in [0.2, 0.25) is 0 Å². The van der Waals surface area contributed by atoms with Crippen molar-refractivity contribution in [3.05, 3.63) is 16.3 Å². The summed E-state index contributed by atoms with van der Waals surface area (Å²) in [5, 5.41) is 4.65. The molecule has 0 radical (unpaired) electrons. The third kappa shape index (κ3) is 6.21. The van der Waals surface area contributed by atoms with Crippen molar-refractivity contribution in [1.29, 1.82) is 0 Å². The first-order chi connectivity index (χ1) is 11.5. The third-order valence-corrected chi connectivity index (χ3v) is 6.93. The van der Waals surface area contributed by atoms with Crippen LogP contribution in [0.15, 0.2) is 16.3 Å². The number of hydrogen-bond donors (Lipinski definition) is 2. The maximum absolute atomic E-state index is 12.7. The Labute approximate surface area is 160 Å². The Morgan fingerprint density at radius 1 is 1.28 bits per heavy atom. The molecule has 0 spiro atoms. The highest BCUT2D eigenvalue weighted by molar-refractivity contribution is 7.89. The molecule has 1 heterocycles. The van der Waals surface area contributed by atoms with Gasteiger partial charge in [-0.3, -0.25) is 4.79 Å². The van der Waals surface area contributed by atoms with Crippen LogP contribution in [0, 0.1) is 0 Å². The molecule has 0 saturated heterocycles. The molecule has 1 aliphatic carbocycles. The molecule has 0 atom stereocenters. The Hall–Kier alpha value is -0.670. The van der Waals surface area contributed by atoms with Crippen LogP contribution < -0.4 is 10.0 Å². The van der Waals surface area contributed by atoms with E-state index in [0.717, 1.165) is 38.5 Å². The van der Waals surface area contributed by atoms with Gasteiger partial charge in [0.2, 0.25) is 10.0 Å². The molecule has 2 rings (SSSR count). The number of halogens is 1. The summed E-state index contributed by atoms with van der Waals surface area (Å²) in [5.41, 5.74) is 0. The summed E-state index contributed by atoms with van der Waals surface area (Å²) in [4.78, 5) is 14.5. The smallest absolute Gasteiger partial charge is 0.265 e. The van der Waals surface area contributed by atoms with Gasteiger partial charge < -0.3 is 10.2 Å². The van der Waals surface area contributed by atoms with Crippen LogP contribution in [-0.4, -0.2) is 52.5 Å². The first kappa shape index (κ1) is 22.4. The molecule has 1 amide bonds. The van der Waals surface area contributed by atoms with E-state index in [4.69, 9.17) is 0 Å². The number of amides is 1. The van der Waals surface area contributed by atoms with E-state index in [0.29, 0.717) is 13.1 Å². The normalized spacial score (nSPS) is 16.1. The number of thiophene rings is 1. The molecule has 1 aromatic heterocycles. The lowest BCUT2D eigenvalue weighted by Gasteiger charge is -2.19. The molecule has 25 heavy (non-hydrogen) atoms. The molecule has 0 bridgehead atoms. The SMILES string of the molecule is CNCCN(C)C(=O)c1sccc1S(=O)(=O)NC1CCCCCC1.Cl. The highest BCUT2D eigenvalue weighted by atomic mass is 35.5. The van der Waals surface area contributed by atoms with Crippen molar-refractivity contribution in [3.63, 3.8) is 0 Å². The van der Waals surface area contributed by atoms with Gasteiger partial charge in [0.15, 0.2) is 0 Å². The maximum Gasteiger partial charge on any atom is 0.265 e. The molecular weight excluding hydrogens is 382 g/mol. The van der Waals surface area contributed by atoms with E-state index >= 15 is 0 Å². The van der Waals surface area contributed by atoms with Crippen molar-refractivity contribution in [1.82, 2.24) is 14.9 Å². The van der Waals surface area contributed by atoms with Crippen LogP contribution in [0.1, 0.15) is 48.2 Å². The standard InChI is InChI=1S/C16H27N3O3S2.ClH/c1-17-10-11-19(2)16(20)15-14(9-12-23-15)24(21,22)18-13-7-5-3-4-6-8-13;/h9,12-13,17-18H,3-8,10-11H2,1-2H3;1H. The third-order valence-electron chi connectivity index (χ3n) is 4.33. The van der Waals surface area contributed by atoms with E-state index in [1.165, 1.54) is 17.4 Å². The van der Waals surface area contributed by atoms with Gasteiger partial charge in [-0.05, 0) is 31.3 Å². The Bertz CT molecular complexity index is 641. The number of carbonyl (C=O) groups is 1. The zero-order chi connectivity index (χ0) is 17.6. The van der Waals surface area contributed by atoms with Crippen molar-refractivity contribution >= 4 is 39.7 Å². The summed E-state index contributed by atoms with van der Waals surface area (Å²) in [6.45, 7) is 1.19. The summed E-state index contributed by atoms with van der Waals surface area (Å²) < 4.78 is 28.3. The van der Waals surface area contributed by atoms with Gasteiger partial charge in [-0.2, -0.15) is 0 Å². The zero-order valence-corrected chi connectivity index (χ0v) is 17.2. The van der Waals surface area contributed by atoms with Crippen molar-refractivity contribution < 1.29 is 13.2 Å². The number of nitrogens with zero attached hydrogens (tertiary/aromatic N) is 1. The van der Waals surface area contributed by atoms with E-state index in [-0.39, 0.29) is 34.1 Å². The summed E-state index contributed by atoms with van der Waals surface area (Å²) in [5.74, 6) is -0.249. The molecule has 1 aromatic rings. The second-order valence-electron chi connectivity index (χ2n) is 6.25. The number of sulfonamides is 1. The number of likely N-dealkylation sites (N-methyl/N-ethyl adjacent to an activating group) is 2. The van der Waals surface area contributed by atoms with Gasteiger partial charge in [0.05, 0.1) is 0 Å². The lowest BCUT2D eigenvalue weighted by molar-refractivity contribution is 0.0798. The van der Waals surface area contributed by atoms with Gasteiger partial charge in [0.1, 0.15) is 9.77 Å². The summed E-state index contributed by atoms with van der Waals surface area (Å²) in [7, 11) is -0.161. The Kier molecular flexibility index (Phi) is 9.37. The summed E-state index contributed by atoms with van der Waals surface area (Å²) >= 11 is 1.18. The highest BCUT2D eigenvalue weighted by Gasteiger charge is 2.28. The molecule has 0 aromatic carbocycles. The van der Waals surface area contributed by atoms with Crippen molar-refractivity contribution in [3.8, 4) is 0 Å². The van der Waals surface area contributed by atoms with Crippen LogP contribution in [-0.2, 0) is 10.0 Å². The average Bonchev–Trinajstić information content (AvgIpc) is 2.92. The second-order valence-corrected chi connectivity index (χ2v) is 8.85. The summed E-state index contributed by atoms with van der Waals surface area (Å²) in [6.07, 6.45) is 6.17. The highest BCUT2D eigenvalue weighted by Crippen LogP contribution is 2.25. The van der Waals surface area contributed by atoms with Gasteiger partial charge in [0.25, 0.3) is 5.91 Å². The van der Waals surface area contributed by atoms with Crippen LogP contribution in [0.5, 0.6) is 0 Å². The largest absolute Gasteiger partial charge is 0.340 e. The molecule has 1 saturated carbocycles. The lowest BCUT2D eigenvalue weighted by Crippen LogP contribution is -2.36. The fraction of sp³-hybridized carbons (Fsp3) is 0.688. The van der Waals surface area contributed by atoms with E-state index in [1.54, 1.807) is 17.3 Å².